The molecule has 3 nitrogen and oxygen atoms in total. The van der Waals surface area contributed by atoms with E-state index in [1.807, 2.05) is 6.92 Å². The van der Waals surface area contributed by atoms with Gasteiger partial charge in [-0.2, -0.15) is 0 Å². The molecule has 1 rings (SSSR count). The number of hydrogen-bond donors (Lipinski definition) is 1. The first kappa shape index (κ1) is 10.3. The molecule has 0 heterocycles. The molecule has 0 atom stereocenters. The fraction of sp³-hybridized carbons (Fsp3) is 0.182. The maximum atomic E-state index is 10.9. The van der Waals surface area contributed by atoms with Crippen molar-refractivity contribution in [3.63, 3.8) is 0 Å². The number of carbonyl (C=O) groups is 1. The van der Waals surface area contributed by atoms with E-state index in [1.54, 1.807) is 12.1 Å². The molecule has 0 aliphatic carbocycles. The van der Waals surface area contributed by atoms with Crippen LogP contribution in [0.2, 0.25) is 0 Å². The molecule has 14 heavy (non-hydrogen) atoms. The number of hydrogen-bond acceptors (Lipinski definition) is 3. The van der Waals surface area contributed by atoms with E-state index in [0.717, 1.165) is 11.6 Å². The number of benzene rings is 1. The average Bonchev–Trinajstić information content (AvgIpc) is 2.20. The number of phenols is 1. The van der Waals surface area contributed by atoms with Crippen molar-refractivity contribution in [3.8, 4) is 11.5 Å². The Morgan fingerprint density at radius 3 is 2.93 bits per heavy atom. The Bertz CT molecular complexity index is 356. The van der Waals surface area contributed by atoms with Crippen LogP contribution in [-0.2, 0) is 11.2 Å². The zero-order valence-corrected chi connectivity index (χ0v) is 7.99. The van der Waals surface area contributed by atoms with E-state index < -0.39 is 5.97 Å². The summed E-state index contributed by atoms with van der Waals surface area (Å²) in [6.45, 7) is 5.22. The van der Waals surface area contributed by atoms with Gasteiger partial charge in [0, 0.05) is 6.08 Å². The molecule has 0 spiro atoms. The summed E-state index contributed by atoms with van der Waals surface area (Å²) in [6, 6.07) is 4.62. The van der Waals surface area contributed by atoms with Gasteiger partial charge in [0.25, 0.3) is 0 Å². The minimum Gasteiger partial charge on any atom is -0.508 e. The van der Waals surface area contributed by atoms with E-state index >= 15 is 0 Å². The van der Waals surface area contributed by atoms with Crippen molar-refractivity contribution < 1.29 is 14.6 Å². The van der Waals surface area contributed by atoms with Gasteiger partial charge in [0.15, 0.2) is 0 Å². The molecule has 0 aliphatic heterocycles. The zero-order chi connectivity index (χ0) is 10.6. The van der Waals surface area contributed by atoms with Crippen LogP contribution in [0.15, 0.2) is 30.9 Å². The second-order valence-electron chi connectivity index (χ2n) is 2.77. The average molecular weight is 192 g/mol. The van der Waals surface area contributed by atoms with Crippen LogP contribution in [0.1, 0.15) is 12.5 Å². The second-order valence-corrected chi connectivity index (χ2v) is 2.77. The van der Waals surface area contributed by atoms with Crippen LogP contribution in [0.3, 0.4) is 0 Å². The van der Waals surface area contributed by atoms with Crippen LogP contribution in [0.4, 0.5) is 0 Å². The summed E-state index contributed by atoms with van der Waals surface area (Å²) in [7, 11) is 0. The zero-order valence-electron chi connectivity index (χ0n) is 7.99. The molecule has 0 saturated heterocycles. The van der Waals surface area contributed by atoms with Gasteiger partial charge in [-0.3, -0.25) is 0 Å². The number of rotatable bonds is 3. The molecule has 0 radical (unpaired) electrons. The normalized spacial score (nSPS) is 9.50. The SMILES string of the molecule is C=CC(=O)Oc1ccc(O)cc1CC. The number of aromatic hydroxyl groups is 1. The number of ether oxygens (including phenoxy) is 1. The maximum absolute atomic E-state index is 10.9. The second kappa shape index (κ2) is 4.46. The Morgan fingerprint density at radius 1 is 1.64 bits per heavy atom. The number of carbonyl (C=O) groups excluding carboxylic acids is 1. The minimum atomic E-state index is -0.495. The molecule has 0 fully saturated rings. The lowest BCUT2D eigenvalue weighted by atomic mass is 10.1. The lowest BCUT2D eigenvalue weighted by Gasteiger charge is -2.07. The molecule has 1 aromatic carbocycles. The van der Waals surface area contributed by atoms with Gasteiger partial charge in [0.1, 0.15) is 11.5 Å². The van der Waals surface area contributed by atoms with Crippen LogP contribution < -0.4 is 4.74 Å². The highest BCUT2D eigenvalue weighted by Gasteiger charge is 2.05. The summed E-state index contributed by atoms with van der Waals surface area (Å²) in [6.07, 6.45) is 1.79. The molecular weight excluding hydrogens is 180 g/mol. The summed E-state index contributed by atoms with van der Waals surface area (Å²) in [5.41, 5.74) is 0.792. The Morgan fingerprint density at radius 2 is 2.36 bits per heavy atom. The van der Waals surface area contributed by atoms with E-state index in [9.17, 15) is 9.90 Å². The monoisotopic (exact) mass is 192 g/mol. The maximum Gasteiger partial charge on any atom is 0.335 e. The number of aryl methyl sites for hydroxylation is 1. The van der Waals surface area contributed by atoms with Crippen LogP contribution >= 0.6 is 0 Å². The lowest BCUT2D eigenvalue weighted by molar-refractivity contribution is -0.129. The third kappa shape index (κ3) is 2.36. The van der Waals surface area contributed by atoms with E-state index in [2.05, 4.69) is 6.58 Å². The van der Waals surface area contributed by atoms with E-state index in [-0.39, 0.29) is 5.75 Å². The van der Waals surface area contributed by atoms with Gasteiger partial charge in [-0.1, -0.05) is 13.5 Å². The van der Waals surface area contributed by atoms with Crippen LogP contribution in [0.25, 0.3) is 0 Å². The highest BCUT2D eigenvalue weighted by Crippen LogP contribution is 2.23. The van der Waals surface area contributed by atoms with Crippen molar-refractivity contribution >= 4 is 5.97 Å². The van der Waals surface area contributed by atoms with Gasteiger partial charge in [0.2, 0.25) is 0 Å². The van der Waals surface area contributed by atoms with Gasteiger partial charge >= 0.3 is 5.97 Å². The third-order valence-corrected chi connectivity index (χ3v) is 1.80. The first-order valence-electron chi connectivity index (χ1n) is 4.33. The predicted molar refractivity (Wildman–Crippen MR) is 53.3 cm³/mol. The Hall–Kier alpha value is -1.77. The van der Waals surface area contributed by atoms with Crippen molar-refractivity contribution in [3.05, 3.63) is 36.4 Å². The first-order chi connectivity index (χ1) is 6.67. The van der Waals surface area contributed by atoms with E-state index in [0.29, 0.717) is 12.2 Å². The molecule has 0 saturated carbocycles. The van der Waals surface area contributed by atoms with Crippen LogP contribution in [-0.4, -0.2) is 11.1 Å². The van der Waals surface area contributed by atoms with Crippen molar-refractivity contribution in [1.29, 1.82) is 0 Å². The molecule has 1 aromatic rings. The van der Waals surface area contributed by atoms with Crippen LogP contribution in [0.5, 0.6) is 11.5 Å². The predicted octanol–water partition coefficient (Wildman–Crippen LogP) is 2.05. The van der Waals surface area contributed by atoms with Gasteiger partial charge in [0.05, 0.1) is 0 Å². The van der Waals surface area contributed by atoms with Gasteiger partial charge in [-0.05, 0) is 30.2 Å². The summed E-state index contributed by atoms with van der Waals surface area (Å²) in [4.78, 5) is 10.9. The number of esters is 1. The van der Waals surface area contributed by atoms with Crippen molar-refractivity contribution in [2.45, 2.75) is 13.3 Å². The summed E-state index contributed by atoms with van der Waals surface area (Å²) < 4.78 is 4.97. The summed E-state index contributed by atoms with van der Waals surface area (Å²) >= 11 is 0. The molecular formula is C11H12O3. The van der Waals surface area contributed by atoms with Gasteiger partial charge < -0.3 is 9.84 Å². The van der Waals surface area contributed by atoms with Gasteiger partial charge in [-0.25, -0.2) is 4.79 Å². The van der Waals surface area contributed by atoms with E-state index in [1.165, 1.54) is 6.07 Å². The minimum absolute atomic E-state index is 0.167. The first-order valence-corrected chi connectivity index (χ1v) is 4.33. The highest BCUT2D eigenvalue weighted by atomic mass is 16.5. The van der Waals surface area contributed by atoms with Crippen molar-refractivity contribution in [2.75, 3.05) is 0 Å². The molecule has 0 aliphatic rings. The molecule has 3 heteroatoms. The van der Waals surface area contributed by atoms with Crippen LogP contribution in [0, 0.1) is 0 Å². The molecule has 0 unspecified atom stereocenters. The quantitative estimate of drug-likeness (QED) is 0.453. The topological polar surface area (TPSA) is 46.5 Å². The van der Waals surface area contributed by atoms with Gasteiger partial charge in [-0.15, -0.1) is 0 Å². The molecule has 0 aromatic heterocycles. The molecule has 0 bridgehead atoms. The molecule has 0 amide bonds. The lowest BCUT2D eigenvalue weighted by Crippen LogP contribution is -2.04. The largest absolute Gasteiger partial charge is 0.508 e. The smallest absolute Gasteiger partial charge is 0.335 e. The standard InChI is InChI=1S/C11H12O3/c1-3-8-7-9(12)5-6-10(8)14-11(13)4-2/h4-7,12H,2-3H2,1H3. The van der Waals surface area contributed by atoms with Crippen molar-refractivity contribution in [1.82, 2.24) is 0 Å². The Kier molecular flexibility index (Phi) is 3.29. The molecule has 74 valence electrons. The third-order valence-electron chi connectivity index (χ3n) is 1.80. The Balaban J connectivity index is 2.96. The van der Waals surface area contributed by atoms with Crippen molar-refractivity contribution in [2.24, 2.45) is 0 Å². The highest BCUT2D eigenvalue weighted by molar-refractivity contribution is 5.83. The van der Waals surface area contributed by atoms with E-state index in [4.69, 9.17) is 4.74 Å². The fourth-order valence-corrected chi connectivity index (χ4v) is 1.09. The Labute approximate surface area is 82.6 Å². The fourth-order valence-electron chi connectivity index (χ4n) is 1.09. The summed E-state index contributed by atoms with van der Waals surface area (Å²) in [5.74, 6) is 0.140. The number of phenolic OH excluding ortho intramolecular Hbond substituents is 1. The molecule has 1 N–H and O–H groups in total. The summed E-state index contributed by atoms with van der Waals surface area (Å²) in [5, 5.41) is 9.20.